The minimum Gasteiger partial charge on any atom is -1.00 e. The van der Waals surface area contributed by atoms with Gasteiger partial charge in [0, 0.05) is 66.6 Å². The van der Waals surface area contributed by atoms with Gasteiger partial charge in [-0.2, -0.15) is 0 Å². The van der Waals surface area contributed by atoms with Crippen LogP contribution in [0.25, 0.3) is 90.9 Å². The van der Waals surface area contributed by atoms with Crippen LogP contribution >= 0.6 is 0 Å². The van der Waals surface area contributed by atoms with Gasteiger partial charge in [-0.3, -0.25) is 0 Å². The van der Waals surface area contributed by atoms with Gasteiger partial charge in [-0.1, -0.05) is 97.1 Å². The van der Waals surface area contributed by atoms with E-state index in [9.17, 15) is 0 Å². The second kappa shape index (κ2) is 30.2. The molecule has 450 valence electrons. The van der Waals surface area contributed by atoms with Gasteiger partial charge in [-0.15, -0.1) is 0 Å². The summed E-state index contributed by atoms with van der Waals surface area (Å²) in [6, 6.07) is 46.4. The summed E-state index contributed by atoms with van der Waals surface area (Å²) in [4.78, 5) is 19.5. The van der Waals surface area contributed by atoms with Crippen molar-refractivity contribution in [2.24, 2.45) is 0 Å². The van der Waals surface area contributed by atoms with Crippen molar-refractivity contribution in [2.75, 3.05) is 78.5 Å². The van der Waals surface area contributed by atoms with Gasteiger partial charge >= 0.3 is 0 Å². The molecule has 3 aromatic heterocycles. The van der Waals surface area contributed by atoms with Gasteiger partial charge in [-0.05, 0) is 154 Å². The molecule has 0 fully saturated rings. The monoisotopic (exact) mass is 1210 g/mol. The Hall–Kier alpha value is -5.52. The molecule has 2 aliphatic rings. The minimum atomic E-state index is 0. The first-order valence-corrected chi connectivity index (χ1v) is 30.8. The Morgan fingerprint density at radius 1 is 0.250 bits per heavy atom. The van der Waals surface area contributed by atoms with Gasteiger partial charge < -0.3 is 77.5 Å². The summed E-state index contributed by atoms with van der Waals surface area (Å²) in [6.45, 7) is 45.3. The number of hydrogen-bond donors (Lipinski definition) is 2. The van der Waals surface area contributed by atoms with Gasteiger partial charge in [0.1, 0.15) is 26.2 Å². The van der Waals surface area contributed by atoms with E-state index in [1.54, 1.807) is 0 Å². The number of nitrogens with one attached hydrogen (secondary N) is 2. The van der Waals surface area contributed by atoms with E-state index >= 15 is 0 Å². The minimum absolute atomic E-state index is 0. The van der Waals surface area contributed by atoms with Crippen molar-refractivity contribution in [1.29, 1.82) is 0 Å². The summed E-state index contributed by atoms with van der Waals surface area (Å²) in [5.74, 6) is 0. The van der Waals surface area contributed by atoms with Gasteiger partial charge in [0.05, 0.1) is 101 Å². The molecular weight excluding hydrogens is 1120 g/mol. The summed E-state index contributed by atoms with van der Waals surface area (Å²) in [5, 5.41) is 0. The number of halogens is 4. The summed E-state index contributed by atoms with van der Waals surface area (Å²) < 4.78 is 4.26. The van der Waals surface area contributed by atoms with Crippen LogP contribution in [-0.2, 0) is 26.2 Å². The fourth-order valence-electron chi connectivity index (χ4n) is 13.1. The molecule has 0 saturated carbocycles. The lowest BCUT2D eigenvalue weighted by atomic mass is 10.00. The van der Waals surface area contributed by atoms with E-state index in [0.717, 1.165) is 212 Å². The molecule has 0 unspecified atom stereocenters. The number of hydrogen-bond acceptors (Lipinski definition) is 2. The third-order valence-electron chi connectivity index (χ3n) is 19.8. The first-order chi connectivity index (χ1) is 38.8. The Bertz CT molecular complexity index is 3270. The van der Waals surface area contributed by atoms with Crippen molar-refractivity contribution in [3.63, 3.8) is 0 Å². The number of fused-ring (bicyclic) bond motifs is 8. The van der Waals surface area contributed by atoms with Crippen LogP contribution in [0.2, 0.25) is 0 Å². The van der Waals surface area contributed by atoms with Crippen molar-refractivity contribution >= 4 is 46.4 Å². The van der Waals surface area contributed by atoms with Crippen molar-refractivity contribution in [3.8, 4) is 44.5 Å². The molecule has 0 radical (unpaired) electrons. The summed E-state index contributed by atoms with van der Waals surface area (Å²) in [5.41, 5.74) is 22.0. The number of H-pyrrole nitrogens is 2. The first kappa shape index (κ1) is 69.3. The quantitative estimate of drug-likeness (QED) is 0.0853. The SMILES string of the molecule is CC[N+](CC)(CC)Cc1ccc(-c2c3nc(c(-c4ccc(C[N+](CC)(CC)CC)cc4)c4ccc([nH]4)c(-c4ccc(C[N+](CC)(CC)CC)cc4)c4ccc([nH]4)c(-c4ccc(C[N+](CC)(CC)CC)cc4)c4nc2C=C4)C=C3)cc1.[Cl-].[Cl-].[Cl-].[Cl-]. The Balaban J connectivity index is 0.00000323. The van der Waals surface area contributed by atoms with Crippen LogP contribution in [0.4, 0.5) is 0 Å². The maximum Gasteiger partial charge on any atom is 0.104 e. The fourth-order valence-corrected chi connectivity index (χ4v) is 13.1. The van der Waals surface area contributed by atoms with Crippen LogP contribution in [0.15, 0.2) is 121 Å². The molecule has 2 aliphatic heterocycles. The third kappa shape index (κ3) is 14.3. The van der Waals surface area contributed by atoms with E-state index in [2.05, 4.69) is 239 Å². The largest absolute Gasteiger partial charge is 1.00 e. The van der Waals surface area contributed by atoms with Gasteiger partial charge in [0.15, 0.2) is 0 Å². The van der Waals surface area contributed by atoms with Crippen LogP contribution in [0.1, 0.15) is 128 Å². The highest BCUT2D eigenvalue weighted by atomic mass is 35.5. The Morgan fingerprint density at radius 3 is 0.667 bits per heavy atom. The standard InChI is InChI=1S/C72H94N8.4ClH/c1-13-77(14-2,15-3)49-53-25-33-57(34-26-53)69-61-41-43-63(73-61)70(58-35-27-54(28-36-58)50-78(16-4,17-5)18-6)65-45-47-67(75-65)72(60-39-31-56(32-40-60)52-80(22-10,23-11)24-12)68-48-46-66(76-68)71(64-44-42-62(69)74-64)59-37-29-55(30-38-59)51-79(19-7,20-8)21-9;;;;/h25-48,73-74H,13-24,49-52H2,1-12H3;4*1H/q+4;;;;/p-4. The molecule has 8 nitrogen and oxygen atoms in total. The molecule has 84 heavy (non-hydrogen) atoms. The lowest BCUT2D eigenvalue weighted by Crippen LogP contribution is -3.00. The van der Waals surface area contributed by atoms with Crippen LogP contribution in [-0.4, -0.2) is 116 Å². The number of aromatic amines is 2. The molecule has 0 aliphatic carbocycles. The summed E-state index contributed by atoms with van der Waals surface area (Å²) in [6.07, 6.45) is 8.88. The average Bonchev–Trinajstić information content (AvgIpc) is 4.51. The van der Waals surface area contributed by atoms with E-state index in [4.69, 9.17) is 9.97 Å². The highest BCUT2D eigenvalue weighted by molar-refractivity contribution is 6.00. The summed E-state index contributed by atoms with van der Waals surface area (Å²) >= 11 is 0. The second-order valence-corrected chi connectivity index (χ2v) is 23.1. The van der Waals surface area contributed by atoms with Crippen molar-refractivity contribution in [3.05, 3.63) is 166 Å². The van der Waals surface area contributed by atoms with Crippen LogP contribution < -0.4 is 49.6 Å². The number of aromatic nitrogens is 4. The molecule has 12 heteroatoms. The number of benzene rings is 4. The Kier molecular flexibility index (Phi) is 24.9. The molecule has 2 N–H and O–H groups in total. The zero-order valence-electron chi connectivity index (χ0n) is 52.4. The third-order valence-corrected chi connectivity index (χ3v) is 19.8. The van der Waals surface area contributed by atoms with E-state index in [1.807, 2.05) is 0 Å². The first-order valence-electron chi connectivity index (χ1n) is 30.8. The zero-order chi connectivity index (χ0) is 56.7. The van der Waals surface area contributed by atoms with E-state index < -0.39 is 0 Å². The maximum atomic E-state index is 5.69. The lowest BCUT2D eigenvalue weighted by molar-refractivity contribution is -0.936. The Morgan fingerprint density at radius 2 is 0.440 bits per heavy atom. The fraction of sp³-hybridized carbons (Fsp3) is 0.389. The highest BCUT2D eigenvalue weighted by Gasteiger charge is 2.27. The predicted molar refractivity (Wildman–Crippen MR) is 343 cm³/mol. The number of quaternary nitrogens is 4. The second-order valence-electron chi connectivity index (χ2n) is 23.1. The molecule has 4 aromatic carbocycles. The van der Waals surface area contributed by atoms with Gasteiger partial charge in [0.2, 0.25) is 0 Å². The van der Waals surface area contributed by atoms with E-state index in [1.165, 1.54) is 22.3 Å². The average molecular weight is 1210 g/mol. The van der Waals surface area contributed by atoms with Gasteiger partial charge in [0.25, 0.3) is 0 Å². The molecule has 0 saturated heterocycles. The topological polar surface area (TPSA) is 57.4 Å². The lowest BCUT2D eigenvalue weighted by Gasteiger charge is -2.35. The van der Waals surface area contributed by atoms with Crippen molar-refractivity contribution in [1.82, 2.24) is 19.9 Å². The van der Waals surface area contributed by atoms with Crippen molar-refractivity contribution < 1.29 is 67.6 Å². The molecule has 0 spiro atoms. The Labute approximate surface area is 529 Å². The molecule has 7 aromatic rings. The molecule has 5 heterocycles. The van der Waals surface area contributed by atoms with Crippen LogP contribution in [0, 0.1) is 0 Å². The highest BCUT2D eigenvalue weighted by Crippen LogP contribution is 2.39. The molecule has 8 bridgehead atoms. The van der Waals surface area contributed by atoms with Crippen LogP contribution in [0.5, 0.6) is 0 Å². The molecule has 9 rings (SSSR count). The van der Waals surface area contributed by atoms with E-state index in [-0.39, 0.29) is 49.6 Å². The van der Waals surface area contributed by atoms with E-state index in [0.29, 0.717) is 0 Å². The molecular formula is C72H94Cl4N8. The molecule has 0 amide bonds. The number of nitrogens with zero attached hydrogens (tertiary/aromatic N) is 6. The zero-order valence-corrected chi connectivity index (χ0v) is 55.4. The van der Waals surface area contributed by atoms with Gasteiger partial charge in [-0.25, -0.2) is 9.97 Å². The molecule has 0 atom stereocenters. The summed E-state index contributed by atoms with van der Waals surface area (Å²) in [7, 11) is 0. The predicted octanol–water partition coefficient (Wildman–Crippen LogP) is 4.85. The van der Waals surface area contributed by atoms with Crippen LogP contribution in [0.3, 0.4) is 0 Å². The number of rotatable bonds is 24. The van der Waals surface area contributed by atoms with Crippen molar-refractivity contribution in [2.45, 2.75) is 109 Å². The maximum absolute atomic E-state index is 5.69. The smallest absolute Gasteiger partial charge is 0.104 e. The normalized spacial score (nSPS) is 12.3.